The second kappa shape index (κ2) is 5.83. The molecule has 5 aromatic rings. The average molecular weight is 378 g/mol. The lowest BCUT2D eigenvalue weighted by molar-refractivity contribution is -0.137. The van der Waals surface area contributed by atoms with Gasteiger partial charge in [-0.15, -0.1) is 11.3 Å². The predicted octanol–water partition coefficient (Wildman–Crippen LogP) is 7.89. The Morgan fingerprint density at radius 2 is 1.26 bits per heavy atom. The van der Waals surface area contributed by atoms with Gasteiger partial charge in [0.25, 0.3) is 0 Å². The van der Waals surface area contributed by atoms with Crippen LogP contribution in [0, 0.1) is 0 Å². The molecule has 0 bridgehead atoms. The van der Waals surface area contributed by atoms with E-state index in [9.17, 15) is 13.2 Å². The molecular formula is C23H13F3S. The summed E-state index contributed by atoms with van der Waals surface area (Å²) in [5, 5.41) is 4.50. The molecule has 0 radical (unpaired) electrons. The lowest BCUT2D eigenvalue weighted by Gasteiger charge is -2.11. The molecule has 0 aliphatic rings. The number of thiophene rings is 1. The molecule has 0 spiro atoms. The van der Waals surface area contributed by atoms with Crippen molar-refractivity contribution >= 4 is 42.3 Å². The van der Waals surface area contributed by atoms with Gasteiger partial charge in [0, 0.05) is 25.6 Å². The van der Waals surface area contributed by atoms with Gasteiger partial charge < -0.3 is 0 Å². The summed E-state index contributed by atoms with van der Waals surface area (Å²) in [5.41, 5.74) is 1.12. The summed E-state index contributed by atoms with van der Waals surface area (Å²) in [6.07, 6.45) is -4.33. The molecule has 0 fully saturated rings. The number of halogens is 3. The fraction of sp³-hybridized carbons (Fsp3) is 0.0435. The number of benzene rings is 4. The Balaban J connectivity index is 1.84. The third-order valence-electron chi connectivity index (χ3n) is 4.91. The fourth-order valence-corrected chi connectivity index (χ4v) is 4.85. The lowest BCUT2D eigenvalue weighted by Crippen LogP contribution is -2.04. The highest BCUT2D eigenvalue weighted by Gasteiger charge is 2.30. The average Bonchev–Trinajstić information content (AvgIpc) is 3.06. The molecule has 0 aliphatic carbocycles. The highest BCUT2D eigenvalue weighted by Crippen LogP contribution is 2.42. The summed E-state index contributed by atoms with van der Waals surface area (Å²) in [6.45, 7) is 0. The SMILES string of the molecule is FC(F)(F)c1ccc(-c2cc3c4ccccc4sc3c3ccccc23)cc1. The Bertz CT molecular complexity index is 1290. The van der Waals surface area contributed by atoms with Crippen LogP contribution in [0.15, 0.2) is 78.9 Å². The van der Waals surface area contributed by atoms with Gasteiger partial charge in [0.1, 0.15) is 0 Å². The molecule has 4 aromatic carbocycles. The minimum Gasteiger partial charge on any atom is -0.166 e. The van der Waals surface area contributed by atoms with E-state index in [4.69, 9.17) is 0 Å². The van der Waals surface area contributed by atoms with Crippen molar-refractivity contribution in [2.24, 2.45) is 0 Å². The molecule has 5 rings (SSSR count). The number of rotatable bonds is 1. The minimum absolute atomic E-state index is 0.627. The van der Waals surface area contributed by atoms with Gasteiger partial charge in [-0.1, -0.05) is 54.6 Å². The van der Waals surface area contributed by atoms with E-state index in [1.807, 2.05) is 30.3 Å². The van der Waals surface area contributed by atoms with Gasteiger partial charge in [0.05, 0.1) is 5.56 Å². The van der Waals surface area contributed by atoms with Gasteiger partial charge in [-0.3, -0.25) is 0 Å². The second-order valence-corrected chi connectivity index (χ2v) is 7.57. The Morgan fingerprint density at radius 3 is 1.96 bits per heavy atom. The highest BCUT2D eigenvalue weighted by molar-refractivity contribution is 7.26. The van der Waals surface area contributed by atoms with Gasteiger partial charge in [-0.2, -0.15) is 13.2 Å². The zero-order chi connectivity index (χ0) is 18.6. The van der Waals surface area contributed by atoms with E-state index in [0.29, 0.717) is 0 Å². The minimum atomic E-state index is -4.33. The van der Waals surface area contributed by atoms with Crippen LogP contribution in [0.25, 0.3) is 42.1 Å². The van der Waals surface area contributed by atoms with Crippen molar-refractivity contribution in [3.05, 3.63) is 84.4 Å². The third kappa shape index (κ3) is 2.60. The highest BCUT2D eigenvalue weighted by atomic mass is 32.1. The standard InChI is InChI=1S/C23H13F3S/c24-23(25,26)15-11-9-14(10-12-15)19-13-20-17-6-3-4-8-21(17)27-22(20)18-7-2-1-5-16(18)19/h1-13H. The Morgan fingerprint density at radius 1 is 0.630 bits per heavy atom. The molecule has 0 nitrogen and oxygen atoms in total. The molecule has 0 amide bonds. The van der Waals surface area contributed by atoms with E-state index in [1.165, 1.54) is 14.8 Å². The van der Waals surface area contributed by atoms with Crippen LogP contribution in [-0.4, -0.2) is 0 Å². The summed E-state index contributed by atoms with van der Waals surface area (Å²) in [4.78, 5) is 0. The van der Waals surface area contributed by atoms with Crippen molar-refractivity contribution in [2.75, 3.05) is 0 Å². The van der Waals surface area contributed by atoms with Crippen molar-refractivity contribution < 1.29 is 13.2 Å². The van der Waals surface area contributed by atoms with Crippen LogP contribution in [-0.2, 0) is 6.18 Å². The largest absolute Gasteiger partial charge is 0.416 e. The fourth-order valence-electron chi connectivity index (χ4n) is 3.62. The molecule has 4 heteroatoms. The van der Waals surface area contributed by atoms with Crippen LogP contribution in [0.5, 0.6) is 0 Å². The van der Waals surface area contributed by atoms with E-state index in [0.717, 1.165) is 39.4 Å². The number of alkyl halides is 3. The monoisotopic (exact) mass is 378 g/mol. The third-order valence-corrected chi connectivity index (χ3v) is 6.13. The zero-order valence-corrected chi connectivity index (χ0v) is 14.9. The van der Waals surface area contributed by atoms with E-state index in [1.54, 1.807) is 23.5 Å². The molecule has 0 saturated heterocycles. The van der Waals surface area contributed by atoms with Crippen LogP contribution in [0.1, 0.15) is 5.56 Å². The number of hydrogen-bond donors (Lipinski definition) is 0. The maximum Gasteiger partial charge on any atom is 0.416 e. The molecule has 27 heavy (non-hydrogen) atoms. The van der Waals surface area contributed by atoms with Crippen molar-refractivity contribution in [3.63, 3.8) is 0 Å². The first-order chi connectivity index (χ1) is 13.0. The van der Waals surface area contributed by atoms with E-state index in [-0.39, 0.29) is 0 Å². The zero-order valence-electron chi connectivity index (χ0n) is 14.0. The van der Waals surface area contributed by atoms with Crippen LogP contribution in [0.2, 0.25) is 0 Å². The van der Waals surface area contributed by atoms with Gasteiger partial charge in [0.2, 0.25) is 0 Å². The van der Waals surface area contributed by atoms with Crippen LogP contribution < -0.4 is 0 Å². The Hall–Kier alpha value is -2.85. The normalized spacial score (nSPS) is 12.3. The summed E-state index contributed by atoms with van der Waals surface area (Å²) in [5.74, 6) is 0. The van der Waals surface area contributed by atoms with Crippen molar-refractivity contribution in [1.29, 1.82) is 0 Å². The Labute approximate surface area is 157 Å². The molecular weight excluding hydrogens is 365 g/mol. The molecule has 1 heterocycles. The molecule has 0 saturated carbocycles. The second-order valence-electron chi connectivity index (χ2n) is 6.52. The van der Waals surface area contributed by atoms with Crippen LogP contribution >= 0.6 is 11.3 Å². The Kier molecular flexibility index (Phi) is 3.52. The molecule has 0 N–H and O–H groups in total. The van der Waals surface area contributed by atoms with E-state index >= 15 is 0 Å². The van der Waals surface area contributed by atoms with Gasteiger partial charge in [0.15, 0.2) is 0 Å². The summed E-state index contributed by atoms with van der Waals surface area (Å²) >= 11 is 1.75. The van der Waals surface area contributed by atoms with Gasteiger partial charge in [-0.05, 0) is 40.8 Å². The summed E-state index contributed by atoms with van der Waals surface area (Å²) in [7, 11) is 0. The first-order valence-electron chi connectivity index (χ1n) is 8.53. The molecule has 0 aliphatic heterocycles. The number of fused-ring (bicyclic) bond motifs is 5. The van der Waals surface area contributed by atoms with Crippen molar-refractivity contribution in [1.82, 2.24) is 0 Å². The van der Waals surface area contributed by atoms with Gasteiger partial charge >= 0.3 is 6.18 Å². The maximum absolute atomic E-state index is 12.9. The quantitative estimate of drug-likeness (QED) is 0.278. The predicted molar refractivity (Wildman–Crippen MR) is 107 cm³/mol. The molecule has 1 aromatic heterocycles. The topological polar surface area (TPSA) is 0 Å². The molecule has 0 unspecified atom stereocenters. The smallest absolute Gasteiger partial charge is 0.166 e. The summed E-state index contributed by atoms with van der Waals surface area (Å²) in [6, 6.07) is 23.9. The first-order valence-corrected chi connectivity index (χ1v) is 9.35. The number of hydrogen-bond acceptors (Lipinski definition) is 1. The van der Waals surface area contributed by atoms with E-state index in [2.05, 4.69) is 24.3 Å². The van der Waals surface area contributed by atoms with Gasteiger partial charge in [-0.25, -0.2) is 0 Å². The summed E-state index contributed by atoms with van der Waals surface area (Å²) < 4.78 is 41.2. The lowest BCUT2D eigenvalue weighted by atomic mass is 9.95. The molecule has 0 atom stereocenters. The van der Waals surface area contributed by atoms with Crippen LogP contribution in [0.3, 0.4) is 0 Å². The van der Waals surface area contributed by atoms with E-state index < -0.39 is 11.7 Å². The van der Waals surface area contributed by atoms with Crippen molar-refractivity contribution in [3.8, 4) is 11.1 Å². The molecule has 132 valence electrons. The van der Waals surface area contributed by atoms with Crippen LogP contribution in [0.4, 0.5) is 13.2 Å². The van der Waals surface area contributed by atoms with Crippen molar-refractivity contribution in [2.45, 2.75) is 6.18 Å². The first kappa shape index (κ1) is 16.3. The maximum atomic E-state index is 12.9.